The van der Waals surface area contributed by atoms with E-state index in [2.05, 4.69) is 32.2 Å². The summed E-state index contributed by atoms with van der Waals surface area (Å²) in [6, 6.07) is 0.210. The van der Waals surface area contributed by atoms with Crippen LogP contribution in [0, 0.1) is 6.92 Å². The topological polar surface area (TPSA) is 50.7 Å². The lowest BCUT2D eigenvalue weighted by Crippen LogP contribution is -2.05. The van der Waals surface area contributed by atoms with E-state index >= 15 is 0 Å². The van der Waals surface area contributed by atoms with E-state index in [9.17, 15) is 0 Å². The van der Waals surface area contributed by atoms with E-state index in [0.29, 0.717) is 0 Å². The van der Waals surface area contributed by atoms with Gasteiger partial charge >= 0.3 is 0 Å². The molecule has 4 nitrogen and oxygen atoms in total. The van der Waals surface area contributed by atoms with E-state index in [1.807, 2.05) is 6.92 Å². The van der Waals surface area contributed by atoms with Gasteiger partial charge in [0.1, 0.15) is 5.00 Å². The molecule has 1 unspecified atom stereocenters. The number of anilines is 1. The minimum absolute atomic E-state index is 0.210. The quantitative estimate of drug-likeness (QED) is 0.873. The molecule has 1 atom stereocenters. The van der Waals surface area contributed by atoms with E-state index < -0.39 is 0 Å². The van der Waals surface area contributed by atoms with Crippen molar-refractivity contribution in [2.75, 3.05) is 5.32 Å². The number of aromatic nitrogens is 3. The fourth-order valence-corrected chi connectivity index (χ4v) is 2.31. The van der Waals surface area contributed by atoms with Gasteiger partial charge in [0, 0.05) is 16.9 Å². The normalized spacial score (nSPS) is 12.7. The summed E-state index contributed by atoms with van der Waals surface area (Å²) < 4.78 is 3.79. The molecule has 0 aliphatic rings. The summed E-state index contributed by atoms with van der Waals surface area (Å²) in [4.78, 5) is 4.41. The molecule has 6 heteroatoms. The summed E-state index contributed by atoms with van der Waals surface area (Å²) in [6.07, 6.45) is 1.72. The molecule has 0 bridgehead atoms. The van der Waals surface area contributed by atoms with Crippen LogP contribution >= 0.6 is 22.9 Å². The maximum atomic E-state index is 4.41. The largest absolute Gasteiger partial charge is 0.366 e. The van der Waals surface area contributed by atoms with Gasteiger partial charge in [0.25, 0.3) is 0 Å². The Hall–Kier alpha value is -1.01. The molecule has 0 aromatic carbocycles. The minimum atomic E-state index is 0.210. The highest BCUT2D eigenvalue weighted by atomic mass is 32.1. The fraction of sp³-hybridized carbons (Fsp3) is 0.375. The van der Waals surface area contributed by atoms with Gasteiger partial charge in [0.15, 0.2) is 0 Å². The van der Waals surface area contributed by atoms with E-state index in [1.165, 1.54) is 11.5 Å². The van der Waals surface area contributed by atoms with E-state index in [1.54, 1.807) is 17.5 Å². The molecule has 0 spiro atoms. The molecule has 2 aromatic heterocycles. The van der Waals surface area contributed by atoms with Crippen molar-refractivity contribution in [1.82, 2.24) is 14.6 Å². The molecule has 74 valence electrons. The van der Waals surface area contributed by atoms with Crippen LogP contribution in [0.3, 0.4) is 0 Å². The van der Waals surface area contributed by atoms with Gasteiger partial charge in [-0.3, -0.25) is 0 Å². The van der Waals surface area contributed by atoms with E-state index in [0.717, 1.165) is 15.7 Å². The molecular weight excluding hydrogens is 216 g/mol. The first-order chi connectivity index (χ1) is 6.75. The molecule has 0 amide bonds. The molecular formula is C8H10N4S2. The van der Waals surface area contributed by atoms with Crippen molar-refractivity contribution >= 4 is 27.9 Å². The predicted molar refractivity (Wildman–Crippen MR) is 58.8 cm³/mol. The van der Waals surface area contributed by atoms with Crippen molar-refractivity contribution in [1.29, 1.82) is 0 Å². The van der Waals surface area contributed by atoms with Crippen LogP contribution < -0.4 is 5.32 Å². The van der Waals surface area contributed by atoms with Gasteiger partial charge in [-0.25, -0.2) is 4.98 Å². The van der Waals surface area contributed by atoms with Crippen molar-refractivity contribution in [3.63, 3.8) is 0 Å². The summed E-state index contributed by atoms with van der Waals surface area (Å²) in [5.41, 5.74) is 1.07. The van der Waals surface area contributed by atoms with Gasteiger partial charge in [-0.15, -0.1) is 16.4 Å². The third-order valence-corrected chi connectivity index (χ3v) is 3.19. The number of nitrogens with one attached hydrogen (secondary N) is 1. The van der Waals surface area contributed by atoms with E-state index in [4.69, 9.17) is 0 Å². The Morgan fingerprint density at radius 3 is 2.93 bits per heavy atom. The Balaban J connectivity index is 2.06. The zero-order valence-electron chi connectivity index (χ0n) is 7.89. The van der Waals surface area contributed by atoms with Crippen LogP contribution in [0.15, 0.2) is 11.6 Å². The number of rotatable bonds is 3. The van der Waals surface area contributed by atoms with Crippen LogP contribution in [-0.4, -0.2) is 14.6 Å². The molecule has 0 fully saturated rings. The summed E-state index contributed by atoms with van der Waals surface area (Å²) in [6.45, 7) is 4.09. The molecule has 0 saturated heterocycles. The van der Waals surface area contributed by atoms with Gasteiger partial charge in [0.2, 0.25) is 0 Å². The Bertz CT molecular complexity index is 395. The molecule has 0 saturated carbocycles. The second-order valence-corrected chi connectivity index (χ2v) is 4.79. The van der Waals surface area contributed by atoms with Crippen molar-refractivity contribution in [3.05, 3.63) is 22.3 Å². The Morgan fingerprint density at radius 2 is 2.36 bits per heavy atom. The van der Waals surface area contributed by atoms with Gasteiger partial charge in [-0.1, -0.05) is 4.49 Å². The number of hydrogen-bond donors (Lipinski definition) is 1. The highest BCUT2D eigenvalue weighted by Gasteiger charge is 2.09. The zero-order valence-corrected chi connectivity index (χ0v) is 9.52. The standard InChI is InChI=1S/C8H10N4S2/c1-5(7-4-13-6(2)11-7)10-8-3-9-12-14-8/h3-5,10H,1-2H3. The lowest BCUT2D eigenvalue weighted by atomic mass is 10.3. The van der Waals surface area contributed by atoms with Crippen LogP contribution in [-0.2, 0) is 0 Å². The van der Waals surface area contributed by atoms with Crippen LogP contribution in [0.5, 0.6) is 0 Å². The maximum absolute atomic E-state index is 4.41. The summed E-state index contributed by atoms with van der Waals surface area (Å²) >= 11 is 3.02. The third-order valence-electron chi connectivity index (χ3n) is 1.80. The number of thiazole rings is 1. The smallest absolute Gasteiger partial charge is 0.130 e. The van der Waals surface area contributed by atoms with Crippen molar-refractivity contribution in [2.45, 2.75) is 19.9 Å². The monoisotopic (exact) mass is 226 g/mol. The minimum Gasteiger partial charge on any atom is -0.366 e. The Kier molecular flexibility index (Phi) is 2.74. The van der Waals surface area contributed by atoms with Gasteiger partial charge in [0.05, 0.1) is 22.9 Å². The molecule has 2 rings (SSSR count). The number of hydrogen-bond acceptors (Lipinski definition) is 6. The second kappa shape index (κ2) is 4.02. The summed E-state index contributed by atoms with van der Waals surface area (Å²) in [7, 11) is 0. The van der Waals surface area contributed by atoms with Crippen molar-refractivity contribution < 1.29 is 0 Å². The molecule has 1 N–H and O–H groups in total. The van der Waals surface area contributed by atoms with Crippen molar-refractivity contribution in [2.24, 2.45) is 0 Å². The molecule has 0 radical (unpaired) electrons. The molecule has 0 aliphatic carbocycles. The highest BCUT2D eigenvalue weighted by molar-refractivity contribution is 7.10. The number of aryl methyl sites for hydroxylation is 1. The highest BCUT2D eigenvalue weighted by Crippen LogP contribution is 2.21. The van der Waals surface area contributed by atoms with Gasteiger partial charge < -0.3 is 5.32 Å². The Labute approximate surface area is 90.2 Å². The summed E-state index contributed by atoms with van der Waals surface area (Å²) in [5.74, 6) is 0. The third kappa shape index (κ3) is 2.08. The van der Waals surface area contributed by atoms with Gasteiger partial charge in [-0.05, 0) is 13.8 Å². The van der Waals surface area contributed by atoms with Crippen LogP contribution in [0.1, 0.15) is 23.7 Å². The zero-order chi connectivity index (χ0) is 9.97. The maximum Gasteiger partial charge on any atom is 0.130 e. The first-order valence-corrected chi connectivity index (χ1v) is 5.87. The second-order valence-electron chi connectivity index (χ2n) is 2.94. The molecule has 0 aliphatic heterocycles. The fourth-order valence-electron chi connectivity index (χ4n) is 1.10. The van der Waals surface area contributed by atoms with Gasteiger partial charge in [-0.2, -0.15) is 0 Å². The molecule has 2 aromatic rings. The lowest BCUT2D eigenvalue weighted by Gasteiger charge is -2.09. The molecule has 2 heterocycles. The molecule has 14 heavy (non-hydrogen) atoms. The first-order valence-electron chi connectivity index (χ1n) is 4.21. The first kappa shape index (κ1) is 9.54. The van der Waals surface area contributed by atoms with E-state index in [-0.39, 0.29) is 6.04 Å². The summed E-state index contributed by atoms with van der Waals surface area (Å²) in [5, 5.41) is 11.2. The van der Waals surface area contributed by atoms with Crippen molar-refractivity contribution in [3.8, 4) is 0 Å². The van der Waals surface area contributed by atoms with Crippen LogP contribution in [0.2, 0.25) is 0 Å². The lowest BCUT2D eigenvalue weighted by molar-refractivity contribution is 0.848. The SMILES string of the molecule is Cc1nc(C(C)Nc2cnns2)cs1. The average Bonchev–Trinajstić information content (AvgIpc) is 2.75. The average molecular weight is 226 g/mol. The predicted octanol–water partition coefficient (Wildman–Crippen LogP) is 2.48. The van der Waals surface area contributed by atoms with Crippen LogP contribution in [0.25, 0.3) is 0 Å². The van der Waals surface area contributed by atoms with Crippen LogP contribution in [0.4, 0.5) is 5.00 Å². The number of nitrogens with zero attached hydrogens (tertiary/aromatic N) is 3. The Morgan fingerprint density at radius 1 is 1.50 bits per heavy atom.